The van der Waals surface area contributed by atoms with E-state index in [-0.39, 0.29) is 0 Å². The molecule has 2 aromatic carbocycles. The molecule has 146 valence electrons. The first kappa shape index (κ1) is 19.9. The summed E-state index contributed by atoms with van der Waals surface area (Å²) in [5.41, 5.74) is 0. The van der Waals surface area contributed by atoms with E-state index >= 15 is 0 Å². The Bertz CT molecular complexity index is 779. The number of nitrogens with one attached hydrogen (secondary N) is 2. The van der Waals surface area contributed by atoms with Gasteiger partial charge in [0.05, 0.1) is 0 Å². The third kappa shape index (κ3) is 5.58. The van der Waals surface area contributed by atoms with Crippen LogP contribution < -0.4 is 20.1 Å². The highest BCUT2D eigenvalue weighted by molar-refractivity contribution is 7.25. The maximum Gasteiger partial charge on any atom is 0.120 e. The second kappa shape index (κ2) is 10.5. The number of rotatable bonds is 12. The molecule has 0 radical (unpaired) electrons. The van der Waals surface area contributed by atoms with Gasteiger partial charge in [0.15, 0.2) is 0 Å². The maximum atomic E-state index is 5.88. The second-order valence-electron chi connectivity index (χ2n) is 6.61. The summed E-state index contributed by atoms with van der Waals surface area (Å²) in [6.45, 7) is 9.57. The topological polar surface area (TPSA) is 42.5 Å². The quantitative estimate of drug-likeness (QED) is 0.438. The van der Waals surface area contributed by atoms with Crippen LogP contribution in [0.5, 0.6) is 11.5 Å². The van der Waals surface area contributed by atoms with Crippen LogP contribution in [0.25, 0.3) is 20.2 Å². The SMILES string of the molecule is CCCNCCOc1ccc2c(c1)sc1cc(OCCNCCC)ccc12. The van der Waals surface area contributed by atoms with Crippen LogP contribution in [0.4, 0.5) is 0 Å². The molecule has 0 aliphatic carbocycles. The minimum atomic E-state index is 0.695. The van der Waals surface area contributed by atoms with Gasteiger partial charge in [-0.2, -0.15) is 0 Å². The number of hydrogen-bond acceptors (Lipinski definition) is 5. The Morgan fingerprint density at radius 1 is 0.704 bits per heavy atom. The number of fused-ring (bicyclic) bond motifs is 3. The third-order valence-electron chi connectivity index (χ3n) is 4.36. The highest BCUT2D eigenvalue weighted by atomic mass is 32.1. The van der Waals surface area contributed by atoms with Crippen LogP contribution in [0.15, 0.2) is 36.4 Å². The van der Waals surface area contributed by atoms with Gasteiger partial charge in [-0.3, -0.25) is 0 Å². The molecule has 3 rings (SSSR count). The molecule has 0 fully saturated rings. The predicted octanol–water partition coefficient (Wildman–Crippen LogP) is 4.81. The lowest BCUT2D eigenvalue weighted by Crippen LogP contribution is -2.21. The van der Waals surface area contributed by atoms with Crippen molar-refractivity contribution in [2.45, 2.75) is 26.7 Å². The summed E-state index contributed by atoms with van der Waals surface area (Å²) in [4.78, 5) is 0. The first-order chi connectivity index (χ1) is 13.3. The van der Waals surface area contributed by atoms with Crippen molar-refractivity contribution in [2.75, 3.05) is 39.4 Å². The molecule has 4 nitrogen and oxygen atoms in total. The zero-order chi connectivity index (χ0) is 18.9. The van der Waals surface area contributed by atoms with Crippen molar-refractivity contribution in [1.29, 1.82) is 0 Å². The van der Waals surface area contributed by atoms with Crippen molar-refractivity contribution in [1.82, 2.24) is 10.6 Å². The van der Waals surface area contributed by atoms with Crippen LogP contribution in [-0.2, 0) is 0 Å². The highest BCUT2D eigenvalue weighted by Gasteiger charge is 2.08. The van der Waals surface area contributed by atoms with E-state index < -0.39 is 0 Å². The van der Waals surface area contributed by atoms with E-state index in [2.05, 4.69) is 60.9 Å². The Morgan fingerprint density at radius 3 is 1.63 bits per heavy atom. The van der Waals surface area contributed by atoms with Crippen molar-refractivity contribution in [3.8, 4) is 11.5 Å². The molecule has 2 N–H and O–H groups in total. The van der Waals surface area contributed by atoms with E-state index in [4.69, 9.17) is 9.47 Å². The van der Waals surface area contributed by atoms with Gasteiger partial charge in [-0.25, -0.2) is 0 Å². The van der Waals surface area contributed by atoms with Crippen molar-refractivity contribution < 1.29 is 9.47 Å². The normalized spacial score (nSPS) is 11.3. The van der Waals surface area contributed by atoms with Gasteiger partial charge in [-0.15, -0.1) is 11.3 Å². The Labute approximate surface area is 165 Å². The minimum absolute atomic E-state index is 0.695. The lowest BCUT2D eigenvalue weighted by atomic mass is 10.1. The first-order valence-corrected chi connectivity index (χ1v) is 10.8. The largest absolute Gasteiger partial charge is 0.492 e. The molecule has 0 saturated carbocycles. The van der Waals surface area contributed by atoms with E-state index in [1.807, 2.05) is 0 Å². The Kier molecular flexibility index (Phi) is 7.75. The van der Waals surface area contributed by atoms with Gasteiger partial charge in [0.2, 0.25) is 0 Å². The van der Waals surface area contributed by atoms with Gasteiger partial charge < -0.3 is 20.1 Å². The molecule has 0 aliphatic rings. The molecule has 0 amide bonds. The second-order valence-corrected chi connectivity index (χ2v) is 7.70. The van der Waals surface area contributed by atoms with Crippen LogP contribution in [-0.4, -0.2) is 39.4 Å². The van der Waals surface area contributed by atoms with Gasteiger partial charge in [-0.1, -0.05) is 13.8 Å². The van der Waals surface area contributed by atoms with Crippen molar-refractivity contribution in [3.05, 3.63) is 36.4 Å². The number of thiophene rings is 1. The summed E-state index contributed by atoms with van der Waals surface area (Å²) in [7, 11) is 0. The molecule has 0 bridgehead atoms. The molecular weight excluding hydrogens is 356 g/mol. The molecule has 0 spiro atoms. The van der Waals surface area contributed by atoms with E-state index in [0.29, 0.717) is 13.2 Å². The van der Waals surface area contributed by atoms with Crippen LogP contribution in [0.3, 0.4) is 0 Å². The van der Waals surface area contributed by atoms with Gasteiger partial charge >= 0.3 is 0 Å². The standard InChI is InChI=1S/C22H30N2O2S/c1-3-9-23-11-13-25-17-5-7-19-20-8-6-18(26-14-12-24-10-4-2)16-22(20)27-21(19)15-17/h5-8,15-16,23-24H,3-4,9-14H2,1-2H3. The molecule has 0 saturated heterocycles. The van der Waals surface area contributed by atoms with Gasteiger partial charge in [0.1, 0.15) is 24.7 Å². The molecule has 5 heteroatoms. The molecule has 0 aliphatic heterocycles. The summed E-state index contributed by atoms with van der Waals surface area (Å²) in [6, 6.07) is 12.8. The van der Waals surface area contributed by atoms with E-state index in [0.717, 1.165) is 50.5 Å². The maximum absolute atomic E-state index is 5.88. The molecule has 1 aromatic heterocycles. The smallest absolute Gasteiger partial charge is 0.120 e. The zero-order valence-corrected chi connectivity index (χ0v) is 17.2. The van der Waals surface area contributed by atoms with Crippen molar-refractivity contribution in [2.24, 2.45) is 0 Å². The third-order valence-corrected chi connectivity index (χ3v) is 5.48. The first-order valence-electron chi connectivity index (χ1n) is 9.95. The minimum Gasteiger partial charge on any atom is -0.492 e. The van der Waals surface area contributed by atoms with Crippen LogP contribution in [0.1, 0.15) is 26.7 Å². The Hall–Kier alpha value is -1.82. The monoisotopic (exact) mass is 386 g/mol. The van der Waals surface area contributed by atoms with E-state index in [9.17, 15) is 0 Å². The fourth-order valence-corrected chi connectivity index (χ4v) is 4.17. The lowest BCUT2D eigenvalue weighted by molar-refractivity contribution is 0.314. The van der Waals surface area contributed by atoms with Crippen LogP contribution >= 0.6 is 11.3 Å². The van der Waals surface area contributed by atoms with Gasteiger partial charge in [0.25, 0.3) is 0 Å². The number of ether oxygens (including phenoxy) is 2. The van der Waals surface area contributed by atoms with Gasteiger partial charge in [-0.05, 0) is 62.3 Å². The summed E-state index contributed by atoms with van der Waals surface area (Å²) in [5.74, 6) is 1.87. The highest BCUT2D eigenvalue weighted by Crippen LogP contribution is 2.37. The fraction of sp³-hybridized carbons (Fsp3) is 0.455. The molecule has 3 aromatic rings. The van der Waals surface area contributed by atoms with Crippen molar-refractivity contribution >= 4 is 31.5 Å². The summed E-state index contributed by atoms with van der Waals surface area (Å²) < 4.78 is 14.3. The Morgan fingerprint density at radius 2 is 1.19 bits per heavy atom. The zero-order valence-electron chi connectivity index (χ0n) is 16.3. The van der Waals surface area contributed by atoms with Crippen molar-refractivity contribution in [3.63, 3.8) is 0 Å². The molecule has 0 atom stereocenters. The van der Waals surface area contributed by atoms with Crippen LogP contribution in [0, 0.1) is 0 Å². The molecular formula is C22H30N2O2S. The number of hydrogen-bond donors (Lipinski definition) is 2. The summed E-state index contributed by atoms with van der Waals surface area (Å²) in [6.07, 6.45) is 2.30. The average molecular weight is 387 g/mol. The average Bonchev–Trinajstić information content (AvgIpc) is 3.04. The molecule has 27 heavy (non-hydrogen) atoms. The fourth-order valence-electron chi connectivity index (χ4n) is 3.00. The molecule has 1 heterocycles. The molecule has 0 unspecified atom stereocenters. The van der Waals surface area contributed by atoms with Gasteiger partial charge in [0, 0.05) is 33.3 Å². The van der Waals surface area contributed by atoms with E-state index in [1.165, 1.54) is 20.2 Å². The predicted molar refractivity (Wildman–Crippen MR) is 117 cm³/mol. The summed E-state index contributed by atoms with van der Waals surface area (Å²) >= 11 is 1.79. The number of benzene rings is 2. The lowest BCUT2D eigenvalue weighted by Gasteiger charge is -2.07. The van der Waals surface area contributed by atoms with Crippen LogP contribution in [0.2, 0.25) is 0 Å². The van der Waals surface area contributed by atoms with E-state index in [1.54, 1.807) is 11.3 Å². The Balaban J connectivity index is 1.64. The summed E-state index contributed by atoms with van der Waals surface area (Å²) in [5, 5.41) is 9.28.